The maximum atomic E-state index is 12.7. The average Bonchev–Trinajstić information content (AvgIpc) is 3.16. The zero-order valence-corrected chi connectivity index (χ0v) is 19.9. The molecule has 0 spiro atoms. The van der Waals surface area contributed by atoms with Crippen LogP contribution in [-0.4, -0.2) is 33.6 Å². The Bertz CT molecular complexity index is 1370. The minimum atomic E-state index is -0.594. The third-order valence-corrected chi connectivity index (χ3v) is 6.00. The molecule has 0 saturated carbocycles. The van der Waals surface area contributed by atoms with Crippen molar-refractivity contribution in [2.75, 3.05) is 11.1 Å². The SMILES string of the molecule is Cc1oc2nc(SCC(=O)NC(=O)NCc3ccccc3)nc(NC(=O)c3ccccc3)c2c1C. The van der Waals surface area contributed by atoms with Gasteiger partial charge in [-0.1, -0.05) is 60.3 Å². The summed E-state index contributed by atoms with van der Waals surface area (Å²) in [6.07, 6.45) is 0. The smallest absolute Gasteiger partial charge is 0.321 e. The number of thioether (sulfide) groups is 1. The van der Waals surface area contributed by atoms with E-state index in [4.69, 9.17) is 4.42 Å². The number of fused-ring (bicyclic) bond motifs is 1. The van der Waals surface area contributed by atoms with Crippen molar-refractivity contribution in [3.8, 4) is 0 Å². The first-order valence-electron chi connectivity index (χ1n) is 10.8. The van der Waals surface area contributed by atoms with Crippen LogP contribution >= 0.6 is 11.8 Å². The molecule has 35 heavy (non-hydrogen) atoms. The van der Waals surface area contributed by atoms with E-state index in [0.717, 1.165) is 22.9 Å². The van der Waals surface area contributed by atoms with Gasteiger partial charge in [0, 0.05) is 17.7 Å². The minimum absolute atomic E-state index is 0.102. The standard InChI is InChI=1S/C25H23N5O4S/c1-15-16(2)34-23-20(15)21(28-22(32)18-11-7-4-8-12-18)29-25(30-23)35-14-19(31)27-24(33)26-13-17-9-5-3-6-10-17/h3-12H,13-14H2,1-2H3,(H2,26,27,31,33)(H,28,29,30,32). The van der Waals surface area contributed by atoms with E-state index in [2.05, 4.69) is 25.9 Å². The number of furan rings is 1. The fourth-order valence-corrected chi connectivity index (χ4v) is 3.91. The van der Waals surface area contributed by atoms with Crippen molar-refractivity contribution in [1.29, 1.82) is 0 Å². The zero-order chi connectivity index (χ0) is 24.8. The second kappa shape index (κ2) is 10.8. The van der Waals surface area contributed by atoms with Crippen LogP contribution < -0.4 is 16.0 Å². The molecule has 4 rings (SSSR count). The van der Waals surface area contributed by atoms with Gasteiger partial charge in [-0.2, -0.15) is 4.98 Å². The van der Waals surface area contributed by atoms with Crippen LogP contribution in [-0.2, 0) is 11.3 Å². The second-order valence-electron chi connectivity index (χ2n) is 7.64. The van der Waals surface area contributed by atoms with Crippen LogP contribution in [0.3, 0.4) is 0 Å². The van der Waals surface area contributed by atoms with Crippen molar-refractivity contribution in [2.45, 2.75) is 25.5 Å². The first kappa shape index (κ1) is 24.0. The molecule has 0 saturated heterocycles. The van der Waals surface area contributed by atoms with E-state index in [9.17, 15) is 14.4 Å². The topological polar surface area (TPSA) is 126 Å². The highest BCUT2D eigenvalue weighted by Gasteiger charge is 2.19. The Hall–Kier alpha value is -4.18. The van der Waals surface area contributed by atoms with Gasteiger partial charge in [-0.05, 0) is 31.5 Å². The molecule has 0 atom stereocenters. The predicted molar refractivity (Wildman–Crippen MR) is 133 cm³/mol. The lowest BCUT2D eigenvalue weighted by atomic mass is 10.2. The third kappa shape index (κ3) is 6.04. The number of aromatic nitrogens is 2. The Morgan fingerprint density at radius 1 is 0.943 bits per heavy atom. The Labute approximate surface area is 205 Å². The molecule has 2 heterocycles. The van der Waals surface area contributed by atoms with Gasteiger partial charge in [-0.15, -0.1) is 0 Å². The molecule has 9 nitrogen and oxygen atoms in total. The summed E-state index contributed by atoms with van der Waals surface area (Å²) in [5.41, 5.74) is 2.52. The molecular formula is C25H23N5O4S. The van der Waals surface area contributed by atoms with Gasteiger partial charge >= 0.3 is 6.03 Å². The lowest BCUT2D eigenvalue weighted by Crippen LogP contribution is -2.39. The first-order valence-corrected chi connectivity index (χ1v) is 11.8. The van der Waals surface area contributed by atoms with Gasteiger partial charge in [0.2, 0.25) is 11.6 Å². The lowest BCUT2D eigenvalue weighted by Gasteiger charge is -2.09. The van der Waals surface area contributed by atoms with Crippen LogP contribution in [0.1, 0.15) is 27.2 Å². The van der Waals surface area contributed by atoms with E-state index >= 15 is 0 Å². The van der Waals surface area contributed by atoms with Crippen LogP contribution in [0.25, 0.3) is 11.1 Å². The molecule has 178 valence electrons. The van der Waals surface area contributed by atoms with Gasteiger partial charge in [0.25, 0.3) is 5.91 Å². The quantitative estimate of drug-likeness (QED) is 0.262. The van der Waals surface area contributed by atoms with Gasteiger partial charge in [-0.25, -0.2) is 9.78 Å². The molecule has 0 unspecified atom stereocenters. The van der Waals surface area contributed by atoms with Crippen LogP contribution in [0.4, 0.5) is 10.6 Å². The van der Waals surface area contributed by atoms with Crippen LogP contribution in [0, 0.1) is 13.8 Å². The summed E-state index contributed by atoms with van der Waals surface area (Å²) in [6.45, 7) is 3.96. The van der Waals surface area contributed by atoms with Gasteiger partial charge in [0.1, 0.15) is 11.6 Å². The van der Waals surface area contributed by atoms with Gasteiger partial charge in [-0.3, -0.25) is 14.9 Å². The highest BCUT2D eigenvalue weighted by molar-refractivity contribution is 7.99. The van der Waals surface area contributed by atoms with E-state index in [-0.39, 0.29) is 16.8 Å². The molecule has 2 aromatic carbocycles. The number of nitrogens with one attached hydrogen (secondary N) is 3. The molecule has 0 fully saturated rings. The van der Waals surface area contributed by atoms with Crippen molar-refractivity contribution in [2.24, 2.45) is 0 Å². The summed E-state index contributed by atoms with van der Waals surface area (Å²) >= 11 is 1.03. The van der Waals surface area contributed by atoms with Crippen LogP contribution in [0.2, 0.25) is 0 Å². The Balaban J connectivity index is 1.43. The Kier molecular flexibility index (Phi) is 7.41. The minimum Gasteiger partial charge on any atom is -0.443 e. The van der Waals surface area contributed by atoms with Gasteiger partial charge in [0.15, 0.2) is 5.16 Å². The van der Waals surface area contributed by atoms with Crippen LogP contribution in [0.5, 0.6) is 0 Å². The number of hydrogen-bond donors (Lipinski definition) is 3. The maximum Gasteiger partial charge on any atom is 0.321 e. The monoisotopic (exact) mass is 489 g/mol. The van der Waals surface area contributed by atoms with Crippen molar-refractivity contribution in [3.05, 3.63) is 83.1 Å². The molecule has 0 aliphatic carbocycles. The molecule has 0 bridgehead atoms. The summed E-state index contributed by atoms with van der Waals surface area (Å²) in [6, 6.07) is 17.5. The van der Waals surface area contributed by atoms with Crippen molar-refractivity contribution < 1.29 is 18.8 Å². The zero-order valence-electron chi connectivity index (χ0n) is 19.1. The summed E-state index contributed by atoms with van der Waals surface area (Å²) in [5, 5.41) is 8.56. The highest BCUT2D eigenvalue weighted by Crippen LogP contribution is 2.31. The molecule has 10 heteroatoms. The highest BCUT2D eigenvalue weighted by atomic mass is 32.2. The van der Waals surface area contributed by atoms with Gasteiger partial charge < -0.3 is 15.1 Å². The molecule has 2 aromatic heterocycles. The largest absolute Gasteiger partial charge is 0.443 e. The first-order chi connectivity index (χ1) is 16.9. The summed E-state index contributed by atoms with van der Waals surface area (Å²) in [5.74, 6) is 0.00873. The maximum absolute atomic E-state index is 12.7. The third-order valence-electron chi connectivity index (χ3n) is 5.16. The van der Waals surface area contributed by atoms with E-state index < -0.39 is 11.9 Å². The fourth-order valence-electron chi connectivity index (χ4n) is 3.27. The summed E-state index contributed by atoms with van der Waals surface area (Å²) < 4.78 is 5.73. The molecular weight excluding hydrogens is 466 g/mol. The molecule has 0 aliphatic rings. The van der Waals surface area contributed by atoms with Crippen LogP contribution in [0.15, 0.2) is 70.2 Å². The molecule has 3 N–H and O–H groups in total. The molecule has 4 aromatic rings. The molecule has 4 amide bonds. The van der Waals surface area contributed by atoms with E-state index in [1.54, 1.807) is 31.2 Å². The number of benzene rings is 2. The molecule has 0 aliphatic heterocycles. The normalized spacial score (nSPS) is 10.7. The van der Waals surface area contributed by atoms with Crippen molar-refractivity contribution >= 4 is 46.5 Å². The Morgan fingerprint density at radius 3 is 2.34 bits per heavy atom. The summed E-state index contributed by atoms with van der Waals surface area (Å²) in [7, 11) is 0. The van der Waals surface area contributed by atoms with Crippen molar-refractivity contribution in [1.82, 2.24) is 20.6 Å². The lowest BCUT2D eigenvalue weighted by molar-refractivity contribution is -0.117. The van der Waals surface area contributed by atoms with Crippen molar-refractivity contribution in [3.63, 3.8) is 0 Å². The van der Waals surface area contributed by atoms with E-state index in [0.29, 0.717) is 34.8 Å². The van der Waals surface area contributed by atoms with E-state index in [1.165, 1.54) is 0 Å². The Morgan fingerprint density at radius 2 is 1.63 bits per heavy atom. The number of amides is 4. The number of nitrogens with zero attached hydrogens (tertiary/aromatic N) is 2. The van der Waals surface area contributed by atoms with Gasteiger partial charge in [0.05, 0.1) is 11.1 Å². The number of rotatable bonds is 7. The number of imide groups is 1. The fraction of sp³-hybridized carbons (Fsp3) is 0.160. The number of anilines is 1. The summed E-state index contributed by atoms with van der Waals surface area (Å²) in [4.78, 5) is 45.8. The number of hydrogen-bond acceptors (Lipinski definition) is 7. The number of carbonyl (C=O) groups is 3. The number of aryl methyl sites for hydroxylation is 2. The predicted octanol–water partition coefficient (Wildman–Crippen LogP) is 4.21. The molecule has 0 radical (unpaired) electrons. The number of urea groups is 1. The number of carbonyl (C=O) groups excluding carboxylic acids is 3. The second-order valence-corrected chi connectivity index (χ2v) is 8.59. The van der Waals surface area contributed by atoms with E-state index in [1.807, 2.05) is 43.3 Å². The average molecular weight is 490 g/mol.